The van der Waals surface area contributed by atoms with Crippen molar-refractivity contribution in [2.24, 2.45) is 5.92 Å². The average Bonchev–Trinajstić information content (AvgIpc) is 2.42. The molecule has 3 N–H and O–H groups in total. The van der Waals surface area contributed by atoms with Gasteiger partial charge in [0.1, 0.15) is 6.04 Å². The molecule has 1 aliphatic carbocycles. The first-order valence-electron chi connectivity index (χ1n) is 7.46. The van der Waals surface area contributed by atoms with Gasteiger partial charge in [0.15, 0.2) is 0 Å². The lowest BCUT2D eigenvalue weighted by Crippen LogP contribution is -2.47. The second kappa shape index (κ2) is 7.67. The van der Waals surface area contributed by atoms with Crippen molar-refractivity contribution in [1.29, 1.82) is 0 Å². The largest absolute Gasteiger partial charge is 0.480 e. The molecule has 0 saturated heterocycles. The van der Waals surface area contributed by atoms with Gasteiger partial charge >= 0.3 is 12.0 Å². The molecule has 1 atom stereocenters. The predicted molar refractivity (Wildman–Crippen MR) is 80.1 cm³/mol. The van der Waals surface area contributed by atoms with E-state index in [9.17, 15) is 14.7 Å². The molecule has 1 saturated carbocycles. The number of aryl methyl sites for hydroxylation is 1. The van der Waals surface area contributed by atoms with Crippen molar-refractivity contribution < 1.29 is 14.7 Å². The first-order valence-corrected chi connectivity index (χ1v) is 7.46. The van der Waals surface area contributed by atoms with Crippen LogP contribution in [0, 0.1) is 5.92 Å². The van der Waals surface area contributed by atoms with Crippen molar-refractivity contribution in [3.63, 3.8) is 0 Å². The van der Waals surface area contributed by atoms with Crippen molar-refractivity contribution in [3.8, 4) is 0 Å². The Morgan fingerprint density at radius 1 is 1.24 bits per heavy atom. The zero-order chi connectivity index (χ0) is 15.1. The fraction of sp³-hybridized carbons (Fsp3) is 0.500. The second-order valence-electron chi connectivity index (χ2n) is 5.57. The van der Waals surface area contributed by atoms with Crippen LogP contribution in [0.1, 0.15) is 31.2 Å². The van der Waals surface area contributed by atoms with E-state index in [0.717, 1.165) is 18.4 Å². The Balaban J connectivity index is 1.75. The third kappa shape index (κ3) is 5.10. The predicted octanol–water partition coefficient (Wildman–Crippen LogP) is 2.17. The number of amides is 2. The summed E-state index contributed by atoms with van der Waals surface area (Å²) in [6, 6.07) is 8.43. The van der Waals surface area contributed by atoms with Crippen molar-refractivity contribution in [1.82, 2.24) is 10.6 Å². The van der Waals surface area contributed by atoms with Crippen LogP contribution < -0.4 is 10.6 Å². The van der Waals surface area contributed by atoms with Gasteiger partial charge in [0.05, 0.1) is 0 Å². The topological polar surface area (TPSA) is 78.4 Å². The van der Waals surface area contributed by atoms with E-state index >= 15 is 0 Å². The summed E-state index contributed by atoms with van der Waals surface area (Å²) in [6.07, 6.45) is 4.53. The maximum absolute atomic E-state index is 11.7. The van der Waals surface area contributed by atoms with Crippen LogP contribution in [0.2, 0.25) is 0 Å². The highest BCUT2D eigenvalue weighted by Gasteiger charge is 2.21. The van der Waals surface area contributed by atoms with E-state index in [1.54, 1.807) is 0 Å². The molecule has 0 radical (unpaired) electrons. The van der Waals surface area contributed by atoms with E-state index in [1.165, 1.54) is 6.42 Å². The maximum atomic E-state index is 11.7. The second-order valence-corrected chi connectivity index (χ2v) is 5.57. The minimum atomic E-state index is -0.996. The van der Waals surface area contributed by atoms with Crippen LogP contribution in [-0.2, 0) is 11.2 Å². The fourth-order valence-corrected chi connectivity index (χ4v) is 2.36. The highest BCUT2D eigenvalue weighted by Crippen LogP contribution is 2.25. The molecule has 0 bridgehead atoms. The molecular weight excluding hydrogens is 268 g/mol. The normalized spacial score (nSPS) is 15.8. The Bertz CT molecular complexity index is 472. The minimum Gasteiger partial charge on any atom is -0.480 e. The molecule has 0 spiro atoms. The third-order valence-corrected chi connectivity index (χ3v) is 3.94. The first-order chi connectivity index (χ1) is 10.1. The summed E-state index contributed by atoms with van der Waals surface area (Å²) >= 11 is 0. The Morgan fingerprint density at radius 2 is 1.95 bits per heavy atom. The van der Waals surface area contributed by atoms with E-state index in [4.69, 9.17) is 0 Å². The van der Waals surface area contributed by atoms with Gasteiger partial charge in [-0.15, -0.1) is 0 Å². The molecule has 1 fully saturated rings. The van der Waals surface area contributed by atoms with Crippen molar-refractivity contribution in [3.05, 3.63) is 35.9 Å². The molecule has 1 aliphatic rings. The molecule has 5 heteroatoms. The first kappa shape index (κ1) is 15.4. The smallest absolute Gasteiger partial charge is 0.326 e. The van der Waals surface area contributed by atoms with Crippen molar-refractivity contribution in [2.75, 3.05) is 6.54 Å². The van der Waals surface area contributed by atoms with Crippen molar-refractivity contribution in [2.45, 2.75) is 38.1 Å². The molecule has 21 heavy (non-hydrogen) atoms. The Morgan fingerprint density at radius 3 is 2.52 bits per heavy atom. The van der Waals surface area contributed by atoms with Gasteiger partial charge in [0.25, 0.3) is 0 Å². The van der Waals surface area contributed by atoms with Crippen LogP contribution in [0.15, 0.2) is 30.3 Å². The molecule has 0 aliphatic heterocycles. The molecule has 0 unspecified atom stereocenters. The summed E-state index contributed by atoms with van der Waals surface area (Å²) in [5, 5.41) is 14.5. The number of carboxylic acids is 1. The number of carbonyl (C=O) groups is 2. The average molecular weight is 290 g/mol. The van der Waals surface area contributed by atoms with Gasteiger partial charge in [0, 0.05) is 6.54 Å². The Labute approximate surface area is 124 Å². The molecule has 0 heterocycles. The molecular formula is C16H22N2O3. The molecule has 2 amide bonds. The van der Waals surface area contributed by atoms with Crippen LogP contribution in [-0.4, -0.2) is 29.7 Å². The highest BCUT2D eigenvalue weighted by atomic mass is 16.4. The minimum absolute atomic E-state index is 0.385. The van der Waals surface area contributed by atoms with E-state index in [1.807, 2.05) is 30.3 Å². The molecule has 1 aromatic rings. The monoisotopic (exact) mass is 290 g/mol. The summed E-state index contributed by atoms with van der Waals surface area (Å²) in [5.74, 6) is -0.437. The van der Waals surface area contributed by atoms with Gasteiger partial charge in [-0.05, 0) is 37.2 Å². The molecule has 114 valence electrons. The lowest BCUT2D eigenvalue weighted by Gasteiger charge is -2.25. The van der Waals surface area contributed by atoms with E-state index in [0.29, 0.717) is 25.3 Å². The Hall–Kier alpha value is -2.04. The van der Waals surface area contributed by atoms with Gasteiger partial charge in [0.2, 0.25) is 0 Å². The van der Waals surface area contributed by atoms with Gasteiger partial charge in [-0.2, -0.15) is 0 Å². The van der Waals surface area contributed by atoms with Gasteiger partial charge < -0.3 is 15.7 Å². The van der Waals surface area contributed by atoms with Gasteiger partial charge in [-0.3, -0.25) is 0 Å². The number of nitrogens with one attached hydrogen (secondary N) is 2. The number of hydrogen-bond donors (Lipinski definition) is 3. The number of carboxylic acid groups (broad SMARTS) is 1. The highest BCUT2D eigenvalue weighted by molar-refractivity contribution is 5.82. The fourth-order valence-electron chi connectivity index (χ4n) is 2.36. The van der Waals surface area contributed by atoms with Crippen LogP contribution in [0.5, 0.6) is 0 Å². The summed E-state index contributed by atoms with van der Waals surface area (Å²) in [5.41, 5.74) is 1.07. The molecule has 2 rings (SSSR count). The van der Waals surface area contributed by atoms with Crippen LogP contribution in [0.3, 0.4) is 0 Å². The molecule has 5 nitrogen and oxygen atoms in total. The number of hydrogen-bond acceptors (Lipinski definition) is 2. The van der Waals surface area contributed by atoms with E-state index < -0.39 is 12.0 Å². The van der Waals surface area contributed by atoms with E-state index in [2.05, 4.69) is 10.6 Å². The number of urea groups is 1. The number of carbonyl (C=O) groups excluding carboxylic acids is 1. The summed E-state index contributed by atoms with van der Waals surface area (Å²) in [4.78, 5) is 22.9. The zero-order valence-electron chi connectivity index (χ0n) is 12.0. The van der Waals surface area contributed by atoms with E-state index in [-0.39, 0.29) is 6.03 Å². The van der Waals surface area contributed by atoms with Gasteiger partial charge in [-0.25, -0.2) is 9.59 Å². The maximum Gasteiger partial charge on any atom is 0.326 e. The SMILES string of the molecule is O=C(NCC1CCC1)N[C@@H](CCc1ccccc1)C(=O)O. The quantitative estimate of drug-likeness (QED) is 0.720. The summed E-state index contributed by atoms with van der Waals surface area (Å²) in [6.45, 7) is 0.636. The molecule has 1 aromatic carbocycles. The lowest BCUT2D eigenvalue weighted by molar-refractivity contribution is -0.139. The number of rotatable bonds is 7. The van der Waals surface area contributed by atoms with Crippen LogP contribution in [0.4, 0.5) is 4.79 Å². The van der Waals surface area contributed by atoms with Crippen LogP contribution >= 0.6 is 0 Å². The van der Waals surface area contributed by atoms with Crippen LogP contribution in [0.25, 0.3) is 0 Å². The van der Waals surface area contributed by atoms with Crippen molar-refractivity contribution >= 4 is 12.0 Å². The summed E-state index contributed by atoms with van der Waals surface area (Å²) in [7, 11) is 0. The third-order valence-electron chi connectivity index (χ3n) is 3.94. The summed E-state index contributed by atoms with van der Waals surface area (Å²) < 4.78 is 0. The lowest BCUT2D eigenvalue weighted by atomic mass is 9.85. The number of benzene rings is 1. The zero-order valence-corrected chi connectivity index (χ0v) is 12.0. The number of aliphatic carboxylic acids is 1. The molecule has 0 aromatic heterocycles. The van der Waals surface area contributed by atoms with Gasteiger partial charge in [-0.1, -0.05) is 36.8 Å². The Kier molecular flexibility index (Phi) is 5.60. The standard InChI is InChI=1S/C16H22N2O3/c19-15(20)14(10-9-12-5-2-1-3-6-12)18-16(21)17-11-13-7-4-8-13/h1-3,5-6,13-14H,4,7-11H2,(H,19,20)(H2,17,18,21)/t14-/m0/s1.